The van der Waals surface area contributed by atoms with Crippen molar-refractivity contribution in [3.63, 3.8) is 0 Å². The molecule has 1 aliphatic heterocycles. The first-order valence-corrected chi connectivity index (χ1v) is 9.74. The smallest absolute Gasteiger partial charge is 0.270 e. The maximum absolute atomic E-state index is 12.3. The Morgan fingerprint density at radius 1 is 1.26 bits per heavy atom. The molecule has 0 radical (unpaired) electrons. The molecule has 2 N–H and O–H groups in total. The van der Waals surface area contributed by atoms with Crippen LogP contribution in [0.4, 0.5) is 5.13 Å². The van der Waals surface area contributed by atoms with Gasteiger partial charge in [-0.1, -0.05) is 32.1 Å². The first kappa shape index (κ1) is 18.2. The van der Waals surface area contributed by atoms with Crippen LogP contribution in [0.1, 0.15) is 33.6 Å². The van der Waals surface area contributed by atoms with Crippen molar-refractivity contribution in [2.45, 2.75) is 44.0 Å². The van der Waals surface area contributed by atoms with Gasteiger partial charge in [0.25, 0.3) is 10.0 Å². The zero-order valence-electron chi connectivity index (χ0n) is 13.8. The van der Waals surface area contributed by atoms with E-state index in [0.717, 1.165) is 37.3 Å². The molecule has 1 aromatic heterocycles. The lowest BCUT2D eigenvalue weighted by Crippen LogP contribution is -2.43. The van der Waals surface area contributed by atoms with E-state index in [1.165, 1.54) is 0 Å². The normalized spacial score (nSPS) is 18.1. The summed E-state index contributed by atoms with van der Waals surface area (Å²) in [6.45, 7) is 7.01. The fraction of sp³-hybridized carbons (Fsp3) is 0.769. The molecule has 10 heteroatoms. The Balaban J connectivity index is 2.02. The third-order valence-electron chi connectivity index (χ3n) is 3.58. The molecule has 0 unspecified atom stereocenters. The van der Waals surface area contributed by atoms with Crippen molar-refractivity contribution in [1.29, 1.82) is 0 Å². The molecule has 0 bridgehead atoms. The molecule has 0 saturated carbocycles. The van der Waals surface area contributed by atoms with Crippen molar-refractivity contribution in [3.05, 3.63) is 0 Å². The lowest BCUT2D eigenvalue weighted by Gasteiger charge is -2.28. The average molecular weight is 361 g/mol. The Morgan fingerprint density at radius 3 is 2.43 bits per heavy atom. The molecule has 0 spiro atoms. The van der Waals surface area contributed by atoms with Gasteiger partial charge in [0, 0.05) is 11.5 Å². The monoisotopic (exact) mass is 361 g/mol. The SMILES string of the molecule is CN1CCC(NS(=O)(=O)c2nnc(NC(=O)C(C)(C)C)s2)CC1. The van der Waals surface area contributed by atoms with Gasteiger partial charge in [0.15, 0.2) is 0 Å². The predicted octanol–water partition coefficient (Wildman–Crippen LogP) is 0.895. The van der Waals surface area contributed by atoms with E-state index in [1.807, 2.05) is 7.05 Å². The number of hydrogen-bond acceptors (Lipinski definition) is 7. The molecule has 1 fully saturated rings. The molecule has 0 atom stereocenters. The number of carbonyl (C=O) groups excluding carboxylic acids is 1. The maximum Gasteiger partial charge on any atom is 0.270 e. The molecular formula is C13H23N5O3S2. The number of anilines is 1. The second kappa shape index (κ2) is 6.80. The standard InChI is InChI=1S/C13H23N5O3S2/c1-13(2,3)10(19)14-11-15-16-12(22-11)23(20,21)17-9-5-7-18(4)8-6-9/h9,17H,5-8H2,1-4H3,(H,14,15,19). The van der Waals surface area contributed by atoms with Crippen LogP contribution in [-0.2, 0) is 14.8 Å². The van der Waals surface area contributed by atoms with E-state index in [4.69, 9.17) is 0 Å². The van der Waals surface area contributed by atoms with Gasteiger partial charge < -0.3 is 10.2 Å². The molecule has 2 heterocycles. The molecule has 1 aromatic rings. The molecule has 1 saturated heterocycles. The largest absolute Gasteiger partial charge is 0.306 e. The Kier molecular flexibility index (Phi) is 5.39. The van der Waals surface area contributed by atoms with E-state index in [9.17, 15) is 13.2 Å². The van der Waals surface area contributed by atoms with Crippen LogP contribution < -0.4 is 10.0 Å². The summed E-state index contributed by atoms with van der Waals surface area (Å²) < 4.78 is 27.2. The zero-order valence-corrected chi connectivity index (χ0v) is 15.4. The van der Waals surface area contributed by atoms with E-state index in [0.29, 0.717) is 0 Å². The van der Waals surface area contributed by atoms with E-state index < -0.39 is 15.4 Å². The first-order chi connectivity index (χ1) is 10.6. The number of sulfonamides is 1. The molecule has 130 valence electrons. The van der Waals surface area contributed by atoms with Crippen molar-refractivity contribution in [2.24, 2.45) is 5.41 Å². The number of nitrogens with zero attached hydrogens (tertiary/aromatic N) is 3. The van der Waals surface area contributed by atoms with Crippen LogP contribution in [0.3, 0.4) is 0 Å². The highest BCUT2D eigenvalue weighted by Gasteiger charge is 2.28. The van der Waals surface area contributed by atoms with Gasteiger partial charge in [-0.25, -0.2) is 13.1 Å². The summed E-state index contributed by atoms with van der Waals surface area (Å²) in [5.74, 6) is -0.235. The van der Waals surface area contributed by atoms with Crippen LogP contribution in [0.15, 0.2) is 4.34 Å². The number of hydrogen-bond donors (Lipinski definition) is 2. The minimum Gasteiger partial charge on any atom is -0.306 e. The molecule has 23 heavy (non-hydrogen) atoms. The molecule has 8 nitrogen and oxygen atoms in total. The Bertz CT molecular complexity index is 657. The summed E-state index contributed by atoms with van der Waals surface area (Å²) in [4.78, 5) is 14.1. The van der Waals surface area contributed by atoms with Gasteiger partial charge in [-0.15, -0.1) is 10.2 Å². The summed E-state index contributed by atoms with van der Waals surface area (Å²) in [6, 6.07) is -0.0901. The van der Waals surface area contributed by atoms with Crippen molar-refractivity contribution < 1.29 is 13.2 Å². The summed E-state index contributed by atoms with van der Waals surface area (Å²) in [5, 5.41) is 10.2. The second-order valence-electron chi connectivity index (χ2n) is 6.78. The zero-order chi connectivity index (χ0) is 17.3. The van der Waals surface area contributed by atoms with Crippen LogP contribution in [0.5, 0.6) is 0 Å². The van der Waals surface area contributed by atoms with E-state index in [1.54, 1.807) is 20.8 Å². The molecule has 0 aromatic carbocycles. The van der Waals surface area contributed by atoms with Crippen LogP contribution in [0.25, 0.3) is 0 Å². The maximum atomic E-state index is 12.3. The van der Waals surface area contributed by atoms with Crippen LogP contribution in [0.2, 0.25) is 0 Å². The summed E-state index contributed by atoms with van der Waals surface area (Å²) in [5.41, 5.74) is -0.586. The van der Waals surface area contributed by atoms with E-state index >= 15 is 0 Å². The molecule has 2 rings (SSSR count). The number of rotatable bonds is 4. The van der Waals surface area contributed by atoms with Crippen molar-refractivity contribution in [3.8, 4) is 0 Å². The number of aromatic nitrogens is 2. The second-order valence-corrected chi connectivity index (χ2v) is 9.64. The molecule has 1 aliphatic rings. The number of nitrogens with one attached hydrogen (secondary N) is 2. The molecule has 1 amide bonds. The lowest BCUT2D eigenvalue weighted by molar-refractivity contribution is -0.123. The Hall–Kier alpha value is -1.10. The topological polar surface area (TPSA) is 104 Å². The highest BCUT2D eigenvalue weighted by molar-refractivity contribution is 7.91. The van der Waals surface area contributed by atoms with Gasteiger partial charge in [0.1, 0.15) is 0 Å². The number of piperidine rings is 1. The van der Waals surface area contributed by atoms with Gasteiger partial charge >= 0.3 is 0 Å². The number of amides is 1. The highest BCUT2D eigenvalue weighted by atomic mass is 32.2. The third-order valence-corrected chi connectivity index (χ3v) is 6.31. The predicted molar refractivity (Wildman–Crippen MR) is 88.8 cm³/mol. The highest BCUT2D eigenvalue weighted by Crippen LogP contribution is 2.23. The van der Waals surface area contributed by atoms with Crippen LogP contribution in [-0.4, -0.2) is 55.6 Å². The third kappa shape index (κ3) is 4.93. The summed E-state index contributed by atoms with van der Waals surface area (Å²) >= 11 is 0.858. The van der Waals surface area contributed by atoms with Gasteiger partial charge in [-0.05, 0) is 33.0 Å². The minimum atomic E-state index is -3.70. The van der Waals surface area contributed by atoms with Crippen molar-refractivity contribution >= 4 is 32.4 Å². The lowest BCUT2D eigenvalue weighted by atomic mass is 9.96. The number of carbonyl (C=O) groups is 1. The Morgan fingerprint density at radius 2 is 1.87 bits per heavy atom. The fourth-order valence-corrected chi connectivity index (χ4v) is 4.27. The van der Waals surface area contributed by atoms with Crippen LogP contribution >= 0.6 is 11.3 Å². The van der Waals surface area contributed by atoms with Crippen LogP contribution in [0, 0.1) is 5.41 Å². The van der Waals surface area contributed by atoms with E-state index in [2.05, 4.69) is 25.1 Å². The summed E-state index contributed by atoms with van der Waals surface area (Å²) in [6.07, 6.45) is 1.53. The van der Waals surface area contributed by atoms with Gasteiger partial charge in [0.2, 0.25) is 15.4 Å². The quantitative estimate of drug-likeness (QED) is 0.772. The number of likely N-dealkylation sites (tertiary alicyclic amines) is 1. The van der Waals surface area contributed by atoms with Crippen molar-refractivity contribution in [1.82, 2.24) is 19.8 Å². The Labute approximate surface area is 140 Å². The van der Waals surface area contributed by atoms with Gasteiger partial charge in [-0.2, -0.15) is 0 Å². The first-order valence-electron chi connectivity index (χ1n) is 7.44. The fourth-order valence-electron chi connectivity index (χ4n) is 2.05. The summed E-state index contributed by atoms with van der Waals surface area (Å²) in [7, 11) is -1.69. The van der Waals surface area contributed by atoms with Gasteiger partial charge in [-0.3, -0.25) is 4.79 Å². The minimum absolute atomic E-state index is 0.0901. The van der Waals surface area contributed by atoms with Crippen molar-refractivity contribution in [2.75, 3.05) is 25.5 Å². The molecular weight excluding hydrogens is 338 g/mol. The average Bonchev–Trinajstić information content (AvgIpc) is 2.89. The van der Waals surface area contributed by atoms with Gasteiger partial charge in [0.05, 0.1) is 0 Å². The molecule has 0 aliphatic carbocycles. The van der Waals surface area contributed by atoms with E-state index in [-0.39, 0.29) is 21.4 Å².